The number of amides is 1. The van der Waals surface area contributed by atoms with Gasteiger partial charge in [0.25, 0.3) is 5.56 Å². The molecule has 0 aromatic carbocycles. The summed E-state index contributed by atoms with van der Waals surface area (Å²) >= 11 is 0. The zero-order valence-electron chi connectivity index (χ0n) is 8.36. The summed E-state index contributed by atoms with van der Waals surface area (Å²) in [6.45, 7) is 2.03. The van der Waals surface area contributed by atoms with E-state index in [4.69, 9.17) is 0 Å². The van der Waals surface area contributed by atoms with Crippen LogP contribution in [0.3, 0.4) is 0 Å². The van der Waals surface area contributed by atoms with E-state index in [2.05, 4.69) is 4.98 Å². The average molecular weight is 208 g/mol. The van der Waals surface area contributed by atoms with Crippen LogP contribution in [0, 0.1) is 6.92 Å². The topological polar surface area (TPSA) is 73.4 Å². The molecule has 1 saturated heterocycles. The number of carbonyl (C=O) groups is 1. The first-order valence-electron chi connectivity index (χ1n) is 4.75. The number of aromatic nitrogens is 1. The molecule has 0 aliphatic carbocycles. The van der Waals surface area contributed by atoms with Crippen LogP contribution < -0.4 is 10.5 Å². The van der Waals surface area contributed by atoms with E-state index in [1.54, 1.807) is 12.3 Å². The minimum absolute atomic E-state index is 0.0907. The minimum Gasteiger partial charge on any atom is -0.391 e. The summed E-state index contributed by atoms with van der Waals surface area (Å²) in [4.78, 5) is 26.8. The Balaban J connectivity index is 2.41. The van der Waals surface area contributed by atoms with E-state index >= 15 is 0 Å². The van der Waals surface area contributed by atoms with Crippen molar-refractivity contribution in [2.45, 2.75) is 19.4 Å². The maximum absolute atomic E-state index is 11.5. The maximum atomic E-state index is 11.5. The van der Waals surface area contributed by atoms with Crippen LogP contribution in [0.4, 0.5) is 5.69 Å². The second-order valence-corrected chi connectivity index (χ2v) is 3.75. The fraction of sp³-hybridized carbons (Fsp3) is 0.400. The van der Waals surface area contributed by atoms with Gasteiger partial charge >= 0.3 is 0 Å². The number of aliphatic hydroxyl groups excluding tert-OH is 1. The number of H-pyrrole nitrogens is 1. The van der Waals surface area contributed by atoms with E-state index < -0.39 is 6.10 Å². The second kappa shape index (κ2) is 3.51. The quantitative estimate of drug-likeness (QED) is 0.670. The van der Waals surface area contributed by atoms with Crippen molar-refractivity contribution in [3.63, 3.8) is 0 Å². The number of rotatable bonds is 1. The molecule has 0 spiro atoms. The molecule has 5 heteroatoms. The number of pyridine rings is 1. The molecule has 1 atom stereocenters. The van der Waals surface area contributed by atoms with E-state index in [1.807, 2.05) is 6.92 Å². The third kappa shape index (κ3) is 1.78. The molecule has 1 unspecified atom stereocenters. The van der Waals surface area contributed by atoms with Crippen LogP contribution in [0.2, 0.25) is 0 Å². The predicted molar refractivity (Wildman–Crippen MR) is 54.8 cm³/mol. The van der Waals surface area contributed by atoms with Crippen LogP contribution >= 0.6 is 0 Å². The Morgan fingerprint density at radius 3 is 2.87 bits per heavy atom. The van der Waals surface area contributed by atoms with E-state index in [0.717, 1.165) is 5.56 Å². The monoisotopic (exact) mass is 208 g/mol. The highest BCUT2D eigenvalue weighted by Gasteiger charge is 2.30. The Morgan fingerprint density at radius 1 is 1.53 bits per heavy atom. The molecule has 1 aliphatic heterocycles. The maximum Gasteiger partial charge on any atom is 0.271 e. The molecular formula is C10H12N2O3. The third-order valence-electron chi connectivity index (χ3n) is 2.42. The molecule has 0 bridgehead atoms. The van der Waals surface area contributed by atoms with Crippen molar-refractivity contribution < 1.29 is 9.90 Å². The van der Waals surface area contributed by atoms with Crippen molar-refractivity contribution in [1.82, 2.24) is 4.98 Å². The van der Waals surface area contributed by atoms with Crippen molar-refractivity contribution >= 4 is 11.6 Å². The van der Waals surface area contributed by atoms with Crippen LogP contribution in [0.1, 0.15) is 12.0 Å². The number of carbonyl (C=O) groups excluding carboxylic acids is 1. The number of anilines is 1. The zero-order valence-corrected chi connectivity index (χ0v) is 8.36. The highest BCUT2D eigenvalue weighted by Crippen LogP contribution is 2.18. The van der Waals surface area contributed by atoms with Crippen LogP contribution in [-0.4, -0.2) is 28.6 Å². The standard InChI is InChI=1S/C10H12N2O3/c1-6-2-8(10(15)11-4-6)12-5-7(13)3-9(12)14/h2,4,7,13H,3,5H2,1H3,(H,11,15). The van der Waals surface area contributed by atoms with E-state index in [0.29, 0.717) is 5.69 Å². The summed E-state index contributed by atoms with van der Waals surface area (Å²) in [6.07, 6.45) is 1.01. The van der Waals surface area contributed by atoms with Gasteiger partial charge in [-0.15, -0.1) is 0 Å². The van der Waals surface area contributed by atoms with Gasteiger partial charge in [0.2, 0.25) is 5.91 Å². The van der Waals surface area contributed by atoms with Gasteiger partial charge in [0, 0.05) is 6.20 Å². The Hall–Kier alpha value is -1.62. The molecule has 15 heavy (non-hydrogen) atoms. The summed E-state index contributed by atoms with van der Waals surface area (Å²) in [7, 11) is 0. The fourth-order valence-corrected chi connectivity index (χ4v) is 1.70. The fourth-order valence-electron chi connectivity index (χ4n) is 1.70. The molecule has 0 saturated carbocycles. The van der Waals surface area contributed by atoms with Gasteiger partial charge in [-0.3, -0.25) is 9.59 Å². The van der Waals surface area contributed by atoms with Gasteiger partial charge in [-0.1, -0.05) is 0 Å². The molecule has 2 rings (SSSR count). The Kier molecular flexibility index (Phi) is 2.32. The van der Waals surface area contributed by atoms with Gasteiger partial charge in [-0.05, 0) is 18.6 Å². The summed E-state index contributed by atoms with van der Waals surface area (Å²) < 4.78 is 0. The smallest absolute Gasteiger partial charge is 0.271 e. The van der Waals surface area contributed by atoms with Gasteiger partial charge in [0.15, 0.2) is 0 Å². The number of aliphatic hydroxyl groups is 1. The van der Waals surface area contributed by atoms with Gasteiger partial charge in [-0.2, -0.15) is 0 Å². The third-order valence-corrected chi connectivity index (χ3v) is 2.42. The molecule has 0 radical (unpaired) electrons. The molecule has 1 fully saturated rings. The SMILES string of the molecule is Cc1c[nH]c(=O)c(N2CC(O)CC2=O)c1. The van der Waals surface area contributed by atoms with E-state index in [1.165, 1.54) is 4.90 Å². The molecule has 80 valence electrons. The molecule has 1 aromatic rings. The second-order valence-electron chi connectivity index (χ2n) is 3.75. The largest absolute Gasteiger partial charge is 0.391 e. The zero-order chi connectivity index (χ0) is 11.0. The number of nitrogens with one attached hydrogen (secondary N) is 1. The summed E-state index contributed by atoms with van der Waals surface area (Å²) in [5.41, 5.74) is 0.887. The van der Waals surface area contributed by atoms with Crippen molar-refractivity contribution in [2.75, 3.05) is 11.4 Å². The first-order valence-corrected chi connectivity index (χ1v) is 4.75. The molecule has 1 aromatic heterocycles. The lowest BCUT2D eigenvalue weighted by atomic mass is 10.3. The Morgan fingerprint density at radius 2 is 2.27 bits per heavy atom. The van der Waals surface area contributed by atoms with Crippen LogP contribution in [0.15, 0.2) is 17.1 Å². The number of aryl methyl sites for hydroxylation is 1. The molecule has 2 heterocycles. The number of aromatic amines is 1. The summed E-state index contributed by atoms with van der Waals surface area (Å²) in [5.74, 6) is -0.210. The minimum atomic E-state index is -0.669. The molecule has 5 nitrogen and oxygen atoms in total. The number of nitrogens with zero attached hydrogens (tertiary/aromatic N) is 1. The highest BCUT2D eigenvalue weighted by atomic mass is 16.3. The Bertz CT molecular complexity index is 452. The van der Waals surface area contributed by atoms with Crippen LogP contribution in [0.5, 0.6) is 0 Å². The van der Waals surface area contributed by atoms with E-state index in [9.17, 15) is 14.7 Å². The summed E-state index contributed by atoms with van der Waals surface area (Å²) in [6, 6.07) is 1.65. The first-order chi connectivity index (χ1) is 7.08. The van der Waals surface area contributed by atoms with Crippen molar-refractivity contribution in [2.24, 2.45) is 0 Å². The average Bonchev–Trinajstić information content (AvgIpc) is 2.50. The number of β-amino-alcohol motifs (C(OH)–C–C–N with tert-alkyl or cyclic N) is 1. The molecular weight excluding hydrogens is 196 g/mol. The van der Waals surface area contributed by atoms with Crippen LogP contribution in [0.25, 0.3) is 0 Å². The normalized spacial score (nSPS) is 21.1. The lowest BCUT2D eigenvalue weighted by Gasteiger charge is -2.14. The lowest BCUT2D eigenvalue weighted by Crippen LogP contribution is -2.30. The van der Waals surface area contributed by atoms with E-state index in [-0.39, 0.29) is 24.4 Å². The first kappa shape index (κ1) is 9.92. The molecule has 1 aliphatic rings. The van der Waals surface area contributed by atoms with Crippen LogP contribution in [-0.2, 0) is 4.79 Å². The number of hydrogen-bond acceptors (Lipinski definition) is 3. The van der Waals surface area contributed by atoms with Gasteiger partial charge in [0.05, 0.1) is 19.1 Å². The molecule has 1 amide bonds. The summed E-state index contributed by atoms with van der Waals surface area (Å²) in [5, 5.41) is 9.32. The van der Waals surface area contributed by atoms with Gasteiger partial charge in [0.1, 0.15) is 5.69 Å². The predicted octanol–water partition coefficient (Wildman–Crippen LogP) is -0.219. The van der Waals surface area contributed by atoms with Gasteiger partial charge < -0.3 is 15.0 Å². The lowest BCUT2D eigenvalue weighted by molar-refractivity contribution is -0.117. The highest BCUT2D eigenvalue weighted by molar-refractivity contribution is 5.95. The molecule has 2 N–H and O–H groups in total. The Labute approximate surface area is 86.3 Å². The van der Waals surface area contributed by atoms with Crippen molar-refractivity contribution in [1.29, 1.82) is 0 Å². The number of hydrogen-bond donors (Lipinski definition) is 2. The van der Waals surface area contributed by atoms with Crippen molar-refractivity contribution in [3.8, 4) is 0 Å². The van der Waals surface area contributed by atoms with Gasteiger partial charge in [-0.25, -0.2) is 0 Å². The van der Waals surface area contributed by atoms with Crippen molar-refractivity contribution in [3.05, 3.63) is 28.2 Å².